The first-order valence-electron chi connectivity index (χ1n) is 8.15. The standard InChI is InChI=1S/C16H31NOS/c1-3-15-11-18-14(2)10-17(15)12-16(13-19)8-6-4-5-7-9-16/h14-15,19H,3-13H2,1-2H3. The van der Waals surface area contributed by atoms with Crippen molar-refractivity contribution in [3.63, 3.8) is 0 Å². The minimum absolute atomic E-state index is 0.394. The molecule has 2 rings (SSSR count). The van der Waals surface area contributed by atoms with E-state index in [4.69, 9.17) is 17.4 Å². The summed E-state index contributed by atoms with van der Waals surface area (Å²) in [5.74, 6) is 1.05. The highest BCUT2D eigenvalue weighted by Gasteiger charge is 2.35. The molecule has 0 aromatic carbocycles. The summed E-state index contributed by atoms with van der Waals surface area (Å²) in [5, 5.41) is 0. The van der Waals surface area contributed by atoms with Gasteiger partial charge in [0, 0.05) is 19.1 Å². The predicted octanol–water partition coefficient (Wildman–Crippen LogP) is 3.76. The van der Waals surface area contributed by atoms with Crippen LogP contribution >= 0.6 is 12.6 Å². The van der Waals surface area contributed by atoms with Gasteiger partial charge in [0.25, 0.3) is 0 Å². The largest absolute Gasteiger partial charge is 0.376 e. The molecular formula is C16H31NOS. The lowest BCUT2D eigenvalue weighted by molar-refractivity contribution is -0.0687. The molecule has 1 saturated carbocycles. The van der Waals surface area contributed by atoms with Gasteiger partial charge in [0.1, 0.15) is 0 Å². The van der Waals surface area contributed by atoms with Gasteiger partial charge < -0.3 is 4.74 Å². The number of thiol groups is 1. The molecular weight excluding hydrogens is 254 g/mol. The third kappa shape index (κ3) is 4.12. The highest BCUT2D eigenvalue weighted by atomic mass is 32.1. The van der Waals surface area contributed by atoms with Gasteiger partial charge in [-0.3, -0.25) is 4.90 Å². The van der Waals surface area contributed by atoms with Gasteiger partial charge in [0.15, 0.2) is 0 Å². The van der Waals surface area contributed by atoms with Crippen LogP contribution in [0.4, 0.5) is 0 Å². The molecule has 1 aliphatic heterocycles. The van der Waals surface area contributed by atoms with Crippen molar-refractivity contribution in [3.05, 3.63) is 0 Å². The Labute approximate surface area is 124 Å². The van der Waals surface area contributed by atoms with Gasteiger partial charge in [0.2, 0.25) is 0 Å². The third-order valence-electron chi connectivity index (χ3n) is 5.09. The van der Waals surface area contributed by atoms with Gasteiger partial charge in [-0.25, -0.2) is 0 Å². The molecule has 1 saturated heterocycles. The molecule has 2 nitrogen and oxygen atoms in total. The molecule has 2 atom stereocenters. The second-order valence-corrected chi connectivity index (χ2v) is 7.02. The van der Waals surface area contributed by atoms with Crippen LogP contribution in [0.5, 0.6) is 0 Å². The molecule has 2 unspecified atom stereocenters. The van der Waals surface area contributed by atoms with Crippen molar-refractivity contribution in [2.45, 2.75) is 70.9 Å². The molecule has 0 radical (unpaired) electrons. The number of hydrogen-bond acceptors (Lipinski definition) is 3. The van der Waals surface area contributed by atoms with Gasteiger partial charge in [-0.05, 0) is 37.4 Å². The average molecular weight is 285 g/mol. The third-order valence-corrected chi connectivity index (χ3v) is 5.76. The zero-order chi connectivity index (χ0) is 13.7. The first kappa shape index (κ1) is 15.7. The lowest BCUT2D eigenvalue weighted by Crippen LogP contribution is -2.52. The van der Waals surface area contributed by atoms with Crippen LogP contribution in [0.3, 0.4) is 0 Å². The van der Waals surface area contributed by atoms with Crippen LogP contribution in [-0.2, 0) is 4.74 Å². The van der Waals surface area contributed by atoms with Crippen molar-refractivity contribution in [1.29, 1.82) is 0 Å². The van der Waals surface area contributed by atoms with Crippen LogP contribution in [0.2, 0.25) is 0 Å². The predicted molar refractivity (Wildman–Crippen MR) is 85.1 cm³/mol. The van der Waals surface area contributed by atoms with Gasteiger partial charge in [-0.15, -0.1) is 0 Å². The van der Waals surface area contributed by atoms with E-state index < -0.39 is 0 Å². The number of nitrogens with zero attached hydrogens (tertiary/aromatic N) is 1. The molecule has 19 heavy (non-hydrogen) atoms. The summed E-state index contributed by atoms with van der Waals surface area (Å²) >= 11 is 4.72. The van der Waals surface area contributed by atoms with Crippen molar-refractivity contribution in [2.75, 3.05) is 25.4 Å². The maximum atomic E-state index is 5.83. The Hall–Kier alpha value is 0.270. The Morgan fingerprint density at radius 2 is 1.89 bits per heavy atom. The fourth-order valence-electron chi connectivity index (χ4n) is 3.76. The maximum Gasteiger partial charge on any atom is 0.0674 e. The monoisotopic (exact) mass is 285 g/mol. The van der Waals surface area contributed by atoms with Gasteiger partial charge >= 0.3 is 0 Å². The van der Waals surface area contributed by atoms with Crippen LogP contribution < -0.4 is 0 Å². The van der Waals surface area contributed by atoms with E-state index in [0.717, 1.165) is 18.9 Å². The van der Waals surface area contributed by atoms with Gasteiger partial charge in [0.05, 0.1) is 12.7 Å². The second kappa shape index (κ2) is 7.33. The molecule has 2 fully saturated rings. The molecule has 0 spiro atoms. The lowest BCUT2D eigenvalue weighted by Gasteiger charge is -2.44. The molecule has 0 N–H and O–H groups in total. The van der Waals surface area contributed by atoms with Crippen LogP contribution in [0.15, 0.2) is 0 Å². The van der Waals surface area contributed by atoms with Crippen molar-refractivity contribution in [3.8, 4) is 0 Å². The van der Waals surface area contributed by atoms with Crippen molar-refractivity contribution < 1.29 is 4.74 Å². The smallest absolute Gasteiger partial charge is 0.0674 e. The summed E-state index contributed by atoms with van der Waals surface area (Å²) in [7, 11) is 0. The zero-order valence-electron chi connectivity index (χ0n) is 12.7. The average Bonchev–Trinajstić information content (AvgIpc) is 2.65. The summed E-state index contributed by atoms with van der Waals surface area (Å²) in [6, 6.07) is 0.621. The second-order valence-electron chi connectivity index (χ2n) is 6.71. The molecule has 1 heterocycles. The molecule has 3 heteroatoms. The fourth-order valence-corrected chi connectivity index (χ4v) is 4.17. The summed E-state index contributed by atoms with van der Waals surface area (Å²) in [5.41, 5.74) is 0.462. The highest BCUT2D eigenvalue weighted by molar-refractivity contribution is 7.80. The molecule has 112 valence electrons. The Bertz CT molecular complexity index is 263. The molecule has 1 aliphatic carbocycles. The van der Waals surface area contributed by atoms with Gasteiger partial charge in [-0.2, -0.15) is 12.6 Å². The topological polar surface area (TPSA) is 12.5 Å². The zero-order valence-corrected chi connectivity index (χ0v) is 13.6. The molecule has 2 aliphatic rings. The fraction of sp³-hybridized carbons (Fsp3) is 1.00. The van der Waals surface area contributed by atoms with E-state index >= 15 is 0 Å². The van der Waals surface area contributed by atoms with Crippen LogP contribution in [0, 0.1) is 5.41 Å². The van der Waals surface area contributed by atoms with E-state index in [-0.39, 0.29) is 0 Å². The quantitative estimate of drug-likeness (QED) is 0.624. The maximum absolute atomic E-state index is 5.83. The number of hydrogen-bond donors (Lipinski definition) is 1. The molecule has 0 aromatic rings. The molecule has 0 amide bonds. The highest BCUT2D eigenvalue weighted by Crippen LogP contribution is 2.38. The van der Waals surface area contributed by atoms with E-state index in [0.29, 0.717) is 17.6 Å². The van der Waals surface area contributed by atoms with E-state index in [9.17, 15) is 0 Å². The van der Waals surface area contributed by atoms with Crippen LogP contribution in [0.25, 0.3) is 0 Å². The molecule has 0 bridgehead atoms. The first-order valence-corrected chi connectivity index (χ1v) is 8.79. The minimum atomic E-state index is 0.394. The summed E-state index contributed by atoms with van der Waals surface area (Å²) in [6.07, 6.45) is 9.99. The Morgan fingerprint density at radius 3 is 2.47 bits per heavy atom. The number of ether oxygens (including phenoxy) is 1. The van der Waals surface area contributed by atoms with E-state index in [1.54, 1.807) is 0 Å². The lowest BCUT2D eigenvalue weighted by atomic mass is 9.81. The van der Waals surface area contributed by atoms with Crippen molar-refractivity contribution >= 4 is 12.6 Å². The summed E-state index contributed by atoms with van der Waals surface area (Å²) in [4.78, 5) is 2.70. The number of morpholine rings is 1. The van der Waals surface area contributed by atoms with E-state index in [1.165, 1.54) is 51.5 Å². The van der Waals surface area contributed by atoms with Gasteiger partial charge in [-0.1, -0.05) is 32.6 Å². The molecule has 0 aromatic heterocycles. The summed E-state index contributed by atoms with van der Waals surface area (Å²) in [6.45, 7) is 7.76. The Kier molecular flexibility index (Phi) is 6.04. The summed E-state index contributed by atoms with van der Waals surface area (Å²) < 4.78 is 5.83. The Balaban J connectivity index is 2.02. The minimum Gasteiger partial charge on any atom is -0.376 e. The SMILES string of the molecule is CCC1COC(C)CN1CC1(CS)CCCCCC1. The van der Waals surface area contributed by atoms with E-state index in [2.05, 4.69) is 18.7 Å². The Morgan fingerprint density at radius 1 is 1.21 bits per heavy atom. The van der Waals surface area contributed by atoms with Crippen LogP contribution in [-0.4, -0.2) is 42.5 Å². The number of rotatable bonds is 4. The van der Waals surface area contributed by atoms with Crippen molar-refractivity contribution in [2.24, 2.45) is 5.41 Å². The van der Waals surface area contributed by atoms with Crippen molar-refractivity contribution in [1.82, 2.24) is 4.90 Å². The van der Waals surface area contributed by atoms with E-state index in [1.807, 2.05) is 0 Å². The normalized spacial score (nSPS) is 33.0. The first-order chi connectivity index (χ1) is 9.19. The van der Waals surface area contributed by atoms with Crippen LogP contribution in [0.1, 0.15) is 58.8 Å².